The van der Waals surface area contributed by atoms with Crippen LogP contribution >= 0.6 is 0 Å². The van der Waals surface area contributed by atoms with Crippen LogP contribution in [0.2, 0.25) is 0 Å². The number of nitrogens with one attached hydrogen (secondary N) is 1. The fourth-order valence-electron chi connectivity index (χ4n) is 5.79. The molecule has 0 radical (unpaired) electrons. The van der Waals surface area contributed by atoms with Crippen molar-refractivity contribution in [1.82, 2.24) is 30.2 Å². The normalized spacial score (nSPS) is 24.3. The Balaban J connectivity index is 1.39. The van der Waals surface area contributed by atoms with Gasteiger partial charge in [0, 0.05) is 44.5 Å². The van der Waals surface area contributed by atoms with Crippen molar-refractivity contribution in [3.8, 4) is 0 Å². The zero-order valence-electron chi connectivity index (χ0n) is 22.8. The average Bonchev–Trinajstić information content (AvgIpc) is 3.48. The van der Waals surface area contributed by atoms with Crippen molar-refractivity contribution in [2.75, 3.05) is 19.8 Å². The van der Waals surface area contributed by atoms with Gasteiger partial charge in [0.15, 0.2) is 0 Å². The number of carbonyl (C=O) groups excluding carboxylic acids is 2. The standard InChI is InChI=1S/C28H40N6O4/c1-17-7-10-29-21(13-17)24(19-8-11-38-12-9-19)30-26(36)23-14-20(35)15-33(23)27(37)25(28(2,3)4)34-16-22(31-32-34)18-5-6-18/h7,10,13,16,18-20,23-25,35H,5-6,8-9,11-12,14-15H2,1-4H3,(H,30,36)/t20?,23?,24?,25-/m1/s1. The maximum atomic E-state index is 14.1. The van der Waals surface area contributed by atoms with Crippen molar-refractivity contribution in [3.63, 3.8) is 0 Å². The summed E-state index contributed by atoms with van der Waals surface area (Å²) in [5.74, 6) is 0.108. The minimum atomic E-state index is -0.777. The molecule has 1 saturated carbocycles. The van der Waals surface area contributed by atoms with Gasteiger partial charge in [-0.15, -0.1) is 5.10 Å². The lowest BCUT2D eigenvalue weighted by Gasteiger charge is -2.36. The number of carbonyl (C=O) groups is 2. The van der Waals surface area contributed by atoms with Crippen molar-refractivity contribution < 1.29 is 19.4 Å². The summed E-state index contributed by atoms with van der Waals surface area (Å²) in [4.78, 5) is 34.0. The third-order valence-corrected chi connectivity index (χ3v) is 8.00. The van der Waals surface area contributed by atoms with Gasteiger partial charge in [0.05, 0.1) is 23.5 Å². The van der Waals surface area contributed by atoms with Crippen molar-refractivity contribution in [3.05, 3.63) is 41.5 Å². The first-order valence-electron chi connectivity index (χ1n) is 13.8. The molecule has 2 amide bonds. The van der Waals surface area contributed by atoms with E-state index < -0.39 is 23.6 Å². The summed E-state index contributed by atoms with van der Waals surface area (Å²) in [6.45, 7) is 9.36. The summed E-state index contributed by atoms with van der Waals surface area (Å²) in [5.41, 5.74) is 2.31. The Bertz CT molecular complexity index is 1150. The number of aryl methyl sites for hydroxylation is 1. The van der Waals surface area contributed by atoms with Gasteiger partial charge in [0.2, 0.25) is 11.8 Å². The van der Waals surface area contributed by atoms with Gasteiger partial charge in [-0.3, -0.25) is 14.6 Å². The van der Waals surface area contributed by atoms with E-state index in [0.717, 1.165) is 42.6 Å². The molecule has 2 aromatic heterocycles. The maximum absolute atomic E-state index is 14.1. The van der Waals surface area contributed by atoms with Crippen LogP contribution < -0.4 is 5.32 Å². The predicted octanol–water partition coefficient (Wildman–Crippen LogP) is 2.69. The Hall–Kier alpha value is -2.85. The van der Waals surface area contributed by atoms with Crippen LogP contribution in [0.3, 0.4) is 0 Å². The number of pyridine rings is 1. The lowest BCUT2D eigenvalue weighted by molar-refractivity contribution is -0.144. The zero-order chi connectivity index (χ0) is 27.0. The molecule has 4 atom stereocenters. The first-order valence-corrected chi connectivity index (χ1v) is 13.8. The van der Waals surface area contributed by atoms with Crippen LogP contribution in [0.1, 0.15) is 87.8 Å². The van der Waals surface area contributed by atoms with E-state index in [4.69, 9.17) is 4.74 Å². The number of hydrogen-bond acceptors (Lipinski definition) is 7. The van der Waals surface area contributed by atoms with Gasteiger partial charge in [-0.2, -0.15) is 0 Å². The molecule has 2 aliphatic heterocycles. The van der Waals surface area contributed by atoms with Crippen LogP contribution in [0.5, 0.6) is 0 Å². The van der Waals surface area contributed by atoms with Crippen molar-refractivity contribution in [1.29, 1.82) is 0 Å². The molecule has 5 rings (SSSR count). The Labute approximate surface area is 224 Å². The van der Waals surface area contributed by atoms with Crippen LogP contribution in [0.15, 0.2) is 24.5 Å². The van der Waals surface area contributed by atoms with Crippen LogP contribution in [0, 0.1) is 18.3 Å². The third kappa shape index (κ3) is 5.76. The minimum absolute atomic E-state index is 0.109. The molecule has 0 spiro atoms. The van der Waals surface area contributed by atoms with Crippen LogP contribution in [0.4, 0.5) is 0 Å². The van der Waals surface area contributed by atoms with Crippen molar-refractivity contribution >= 4 is 11.8 Å². The van der Waals surface area contributed by atoms with Gasteiger partial charge in [-0.1, -0.05) is 26.0 Å². The number of rotatable bonds is 7. The van der Waals surface area contributed by atoms with Crippen molar-refractivity contribution in [2.24, 2.45) is 11.3 Å². The molecule has 4 heterocycles. The van der Waals surface area contributed by atoms with Crippen LogP contribution in [0.25, 0.3) is 0 Å². The second kappa shape index (κ2) is 10.7. The molecule has 206 valence electrons. The average molecular weight is 525 g/mol. The lowest BCUT2D eigenvalue weighted by Crippen LogP contribution is -2.51. The molecule has 38 heavy (non-hydrogen) atoms. The molecule has 0 bridgehead atoms. The molecular formula is C28H40N6O4. The summed E-state index contributed by atoms with van der Waals surface area (Å²) in [6.07, 6.45) is 6.89. The van der Waals surface area contributed by atoms with E-state index in [0.29, 0.717) is 19.1 Å². The number of nitrogens with zero attached hydrogens (tertiary/aromatic N) is 5. The number of hydrogen-bond donors (Lipinski definition) is 2. The molecule has 2 aromatic rings. The van der Waals surface area contributed by atoms with Gasteiger partial charge < -0.3 is 20.1 Å². The van der Waals surface area contributed by atoms with E-state index in [1.54, 1.807) is 15.8 Å². The Morgan fingerprint density at radius 3 is 2.58 bits per heavy atom. The Kier molecular flexibility index (Phi) is 7.55. The molecule has 0 aromatic carbocycles. The van der Waals surface area contributed by atoms with Gasteiger partial charge in [-0.25, -0.2) is 4.68 Å². The fourth-order valence-corrected chi connectivity index (χ4v) is 5.79. The number of ether oxygens (including phenoxy) is 1. The van der Waals surface area contributed by atoms with Gasteiger partial charge in [0.25, 0.3) is 0 Å². The number of aliphatic hydroxyl groups excluding tert-OH is 1. The summed E-state index contributed by atoms with van der Waals surface area (Å²) >= 11 is 0. The SMILES string of the molecule is Cc1ccnc(C(NC(=O)C2CC(O)CN2C(=O)[C@@H](n2cc(C3CC3)nn2)C(C)(C)C)C2CCOCC2)c1. The quantitative estimate of drug-likeness (QED) is 0.571. The monoisotopic (exact) mass is 524 g/mol. The van der Waals surface area contributed by atoms with E-state index in [2.05, 4.69) is 20.6 Å². The molecule has 10 heteroatoms. The third-order valence-electron chi connectivity index (χ3n) is 8.00. The highest BCUT2D eigenvalue weighted by atomic mass is 16.5. The van der Waals surface area contributed by atoms with Crippen molar-refractivity contribution in [2.45, 2.75) is 89.9 Å². The number of aromatic nitrogens is 4. The largest absolute Gasteiger partial charge is 0.391 e. The predicted molar refractivity (Wildman–Crippen MR) is 140 cm³/mol. The lowest BCUT2D eigenvalue weighted by atomic mass is 9.85. The molecule has 2 saturated heterocycles. The van der Waals surface area contributed by atoms with E-state index >= 15 is 0 Å². The highest BCUT2D eigenvalue weighted by Crippen LogP contribution is 2.40. The summed E-state index contributed by atoms with van der Waals surface area (Å²) in [7, 11) is 0. The fraction of sp³-hybridized carbons (Fsp3) is 0.679. The van der Waals surface area contributed by atoms with Crippen LogP contribution in [-0.4, -0.2) is 73.7 Å². The topological polar surface area (TPSA) is 122 Å². The first kappa shape index (κ1) is 26.7. The second-order valence-corrected chi connectivity index (χ2v) is 12.3. The molecule has 2 N–H and O–H groups in total. The molecule has 3 aliphatic rings. The second-order valence-electron chi connectivity index (χ2n) is 12.3. The highest BCUT2D eigenvalue weighted by molar-refractivity contribution is 5.90. The summed E-state index contributed by atoms with van der Waals surface area (Å²) in [5, 5.41) is 22.5. The number of β-amino-alcohol motifs (C(OH)–C–C–N with tert-alkyl or cyclic N) is 1. The highest BCUT2D eigenvalue weighted by Gasteiger charge is 2.46. The molecule has 1 aliphatic carbocycles. The first-order chi connectivity index (χ1) is 18.1. The summed E-state index contributed by atoms with van der Waals surface area (Å²) < 4.78 is 7.21. The van der Waals surface area contributed by atoms with Gasteiger partial charge >= 0.3 is 0 Å². The number of aliphatic hydroxyl groups is 1. The van der Waals surface area contributed by atoms with E-state index in [1.807, 2.05) is 46.0 Å². The molecule has 3 fully saturated rings. The smallest absolute Gasteiger partial charge is 0.248 e. The molecule has 3 unspecified atom stereocenters. The number of likely N-dealkylation sites (tertiary alicyclic amines) is 1. The van der Waals surface area contributed by atoms with E-state index in [1.165, 1.54) is 0 Å². The van der Waals surface area contributed by atoms with E-state index in [-0.39, 0.29) is 36.7 Å². The maximum Gasteiger partial charge on any atom is 0.248 e. The van der Waals surface area contributed by atoms with Gasteiger partial charge in [0.1, 0.15) is 12.1 Å². The molecule has 10 nitrogen and oxygen atoms in total. The zero-order valence-corrected chi connectivity index (χ0v) is 22.8. The Morgan fingerprint density at radius 2 is 1.92 bits per heavy atom. The number of amides is 2. The van der Waals surface area contributed by atoms with E-state index in [9.17, 15) is 14.7 Å². The minimum Gasteiger partial charge on any atom is -0.391 e. The summed E-state index contributed by atoms with van der Waals surface area (Å²) in [6, 6.07) is 2.22. The Morgan fingerprint density at radius 1 is 1.18 bits per heavy atom. The molecular weight excluding hydrogens is 484 g/mol. The van der Waals surface area contributed by atoms with Gasteiger partial charge in [-0.05, 0) is 61.6 Å². The van der Waals surface area contributed by atoms with Crippen LogP contribution in [-0.2, 0) is 14.3 Å².